The number of nitrogens with one attached hydrogen (secondary N) is 2. The lowest BCUT2D eigenvalue weighted by Gasteiger charge is -2.06. The molecule has 1 aromatic heterocycles. The normalized spacial score (nSPS) is 10.3. The molecule has 1 heterocycles. The lowest BCUT2D eigenvalue weighted by atomic mass is 10.2. The van der Waals surface area contributed by atoms with Crippen LogP contribution in [0.4, 0.5) is 16.2 Å². The van der Waals surface area contributed by atoms with Gasteiger partial charge < -0.3 is 16.4 Å². The summed E-state index contributed by atoms with van der Waals surface area (Å²) in [6.45, 7) is -0.0954. The number of primary amides is 1. The number of anilines is 2. The van der Waals surface area contributed by atoms with E-state index in [1.165, 1.54) is 4.80 Å². The minimum atomic E-state index is -0.657. The standard InChI is InChI=1S/C16H14ClN7O2/c17-11-3-1-10(2-4-11)15-21-23-24(22-15)9-14(25)19-12-5-7-13(8-6-12)20-16(18)26/h1-8H,9H2,(H,19,25)(H3,18,20,26). The summed E-state index contributed by atoms with van der Waals surface area (Å²) in [6.07, 6.45) is 0. The van der Waals surface area contributed by atoms with Crippen LogP contribution in [0.2, 0.25) is 5.02 Å². The first kappa shape index (κ1) is 17.4. The topological polar surface area (TPSA) is 128 Å². The summed E-state index contributed by atoms with van der Waals surface area (Å²) < 4.78 is 0. The van der Waals surface area contributed by atoms with Crippen molar-refractivity contribution in [3.63, 3.8) is 0 Å². The molecular weight excluding hydrogens is 358 g/mol. The smallest absolute Gasteiger partial charge is 0.316 e. The molecule has 3 rings (SSSR count). The maximum Gasteiger partial charge on any atom is 0.316 e. The number of tetrazole rings is 1. The highest BCUT2D eigenvalue weighted by Crippen LogP contribution is 2.17. The largest absolute Gasteiger partial charge is 0.351 e. The van der Waals surface area contributed by atoms with Gasteiger partial charge in [0.1, 0.15) is 6.54 Å². The lowest BCUT2D eigenvalue weighted by Crippen LogP contribution is -2.21. The highest BCUT2D eigenvalue weighted by molar-refractivity contribution is 6.30. The SMILES string of the molecule is NC(=O)Nc1ccc(NC(=O)Cn2nnc(-c3ccc(Cl)cc3)n2)cc1. The van der Waals surface area contributed by atoms with E-state index in [1.807, 2.05) is 0 Å². The summed E-state index contributed by atoms with van der Waals surface area (Å²) in [5.41, 5.74) is 6.87. The summed E-state index contributed by atoms with van der Waals surface area (Å²) in [6, 6.07) is 12.8. The van der Waals surface area contributed by atoms with Gasteiger partial charge in [-0.05, 0) is 53.7 Å². The molecule has 9 nitrogen and oxygen atoms in total. The molecule has 0 radical (unpaired) electrons. The second-order valence-electron chi connectivity index (χ2n) is 5.27. The van der Waals surface area contributed by atoms with Crippen molar-refractivity contribution in [2.75, 3.05) is 10.6 Å². The Morgan fingerprint density at radius 1 is 1.00 bits per heavy atom. The maximum atomic E-state index is 12.1. The summed E-state index contributed by atoms with van der Waals surface area (Å²) in [4.78, 5) is 24.1. The fraction of sp³-hybridized carbons (Fsp3) is 0.0625. The van der Waals surface area contributed by atoms with Gasteiger partial charge in [0.05, 0.1) is 0 Å². The van der Waals surface area contributed by atoms with Gasteiger partial charge in [-0.25, -0.2) is 4.79 Å². The first-order chi connectivity index (χ1) is 12.5. The molecule has 10 heteroatoms. The van der Waals surface area contributed by atoms with Crippen LogP contribution in [-0.2, 0) is 11.3 Å². The number of hydrogen-bond donors (Lipinski definition) is 3. The number of aromatic nitrogens is 4. The van der Waals surface area contributed by atoms with Crippen molar-refractivity contribution in [3.05, 3.63) is 53.6 Å². The third kappa shape index (κ3) is 4.54. The average Bonchev–Trinajstić information content (AvgIpc) is 3.05. The molecule has 0 unspecified atom stereocenters. The van der Waals surface area contributed by atoms with E-state index >= 15 is 0 Å². The number of carbonyl (C=O) groups excluding carboxylic acids is 2. The van der Waals surface area contributed by atoms with Crippen LogP contribution in [-0.4, -0.2) is 32.1 Å². The fourth-order valence-corrected chi connectivity index (χ4v) is 2.26. The number of benzene rings is 2. The molecule has 0 fully saturated rings. The summed E-state index contributed by atoms with van der Waals surface area (Å²) in [7, 11) is 0. The van der Waals surface area contributed by atoms with E-state index in [2.05, 4.69) is 26.0 Å². The highest BCUT2D eigenvalue weighted by atomic mass is 35.5. The molecule has 4 N–H and O–H groups in total. The Balaban J connectivity index is 1.60. The third-order valence-corrected chi connectivity index (χ3v) is 3.53. The molecule has 0 saturated heterocycles. The molecule has 2 aromatic carbocycles. The van der Waals surface area contributed by atoms with E-state index in [4.69, 9.17) is 17.3 Å². The number of nitrogens with two attached hydrogens (primary N) is 1. The van der Waals surface area contributed by atoms with Crippen molar-refractivity contribution in [3.8, 4) is 11.4 Å². The fourth-order valence-electron chi connectivity index (χ4n) is 2.13. The van der Waals surface area contributed by atoms with E-state index in [-0.39, 0.29) is 12.5 Å². The zero-order valence-electron chi connectivity index (χ0n) is 13.4. The van der Waals surface area contributed by atoms with E-state index in [0.717, 1.165) is 5.56 Å². The Bertz CT molecular complexity index is 923. The first-order valence-electron chi connectivity index (χ1n) is 7.50. The first-order valence-corrected chi connectivity index (χ1v) is 7.87. The molecule has 0 bridgehead atoms. The van der Waals surface area contributed by atoms with Gasteiger partial charge >= 0.3 is 6.03 Å². The summed E-state index contributed by atoms with van der Waals surface area (Å²) >= 11 is 5.84. The molecule has 132 valence electrons. The number of hydrogen-bond acceptors (Lipinski definition) is 5. The van der Waals surface area contributed by atoms with Crippen LogP contribution in [0.5, 0.6) is 0 Å². The number of carbonyl (C=O) groups is 2. The van der Waals surface area contributed by atoms with Crippen LogP contribution >= 0.6 is 11.6 Å². The molecular formula is C16H14ClN7O2. The Labute approximate surface area is 153 Å². The van der Waals surface area contributed by atoms with Crippen LogP contribution in [0.3, 0.4) is 0 Å². The minimum Gasteiger partial charge on any atom is -0.351 e. The van der Waals surface area contributed by atoms with Crippen molar-refractivity contribution in [2.45, 2.75) is 6.54 Å². The zero-order valence-corrected chi connectivity index (χ0v) is 14.1. The van der Waals surface area contributed by atoms with Crippen LogP contribution in [0.1, 0.15) is 0 Å². The van der Waals surface area contributed by atoms with E-state index < -0.39 is 6.03 Å². The van der Waals surface area contributed by atoms with Crippen LogP contribution in [0.15, 0.2) is 48.5 Å². The van der Waals surface area contributed by atoms with Crippen molar-refractivity contribution >= 4 is 34.9 Å². The van der Waals surface area contributed by atoms with Gasteiger partial charge in [0, 0.05) is 22.0 Å². The van der Waals surface area contributed by atoms with Crippen LogP contribution < -0.4 is 16.4 Å². The van der Waals surface area contributed by atoms with Crippen LogP contribution in [0.25, 0.3) is 11.4 Å². The van der Waals surface area contributed by atoms with Gasteiger partial charge in [0.2, 0.25) is 11.7 Å². The summed E-state index contributed by atoms with van der Waals surface area (Å²) in [5, 5.41) is 17.7. The Kier molecular flexibility index (Phi) is 5.09. The number of rotatable bonds is 5. The van der Waals surface area contributed by atoms with E-state index in [9.17, 15) is 9.59 Å². The molecule has 0 aliphatic carbocycles. The number of amides is 3. The molecule has 0 atom stereocenters. The molecule has 0 aliphatic rings. The molecule has 3 amide bonds. The van der Waals surface area contributed by atoms with Gasteiger partial charge in [-0.1, -0.05) is 11.6 Å². The van der Waals surface area contributed by atoms with Crippen LogP contribution in [0, 0.1) is 0 Å². The number of urea groups is 1. The monoisotopic (exact) mass is 371 g/mol. The van der Waals surface area contributed by atoms with E-state index in [1.54, 1.807) is 48.5 Å². The van der Waals surface area contributed by atoms with Gasteiger partial charge in [-0.3, -0.25) is 4.79 Å². The van der Waals surface area contributed by atoms with E-state index in [0.29, 0.717) is 22.2 Å². The lowest BCUT2D eigenvalue weighted by molar-refractivity contribution is -0.117. The van der Waals surface area contributed by atoms with Gasteiger partial charge in [0.25, 0.3) is 0 Å². The maximum absolute atomic E-state index is 12.1. The molecule has 0 saturated carbocycles. The molecule has 0 spiro atoms. The number of nitrogens with zero attached hydrogens (tertiary/aromatic N) is 4. The number of halogens is 1. The van der Waals surface area contributed by atoms with Crippen molar-refractivity contribution in [1.82, 2.24) is 20.2 Å². The quantitative estimate of drug-likeness (QED) is 0.632. The van der Waals surface area contributed by atoms with Crippen molar-refractivity contribution < 1.29 is 9.59 Å². The molecule has 0 aliphatic heterocycles. The van der Waals surface area contributed by atoms with Gasteiger partial charge in [0.15, 0.2) is 0 Å². The molecule has 26 heavy (non-hydrogen) atoms. The Hall–Kier alpha value is -3.46. The average molecular weight is 372 g/mol. The summed E-state index contributed by atoms with van der Waals surface area (Å²) in [5.74, 6) is 0.0806. The Morgan fingerprint density at radius 3 is 2.23 bits per heavy atom. The molecule has 3 aromatic rings. The zero-order chi connectivity index (χ0) is 18.5. The predicted octanol–water partition coefficient (Wildman–Crippen LogP) is 2.12. The van der Waals surface area contributed by atoms with Gasteiger partial charge in [-0.2, -0.15) is 4.80 Å². The van der Waals surface area contributed by atoms with Gasteiger partial charge in [-0.15, -0.1) is 10.2 Å². The highest BCUT2D eigenvalue weighted by Gasteiger charge is 2.10. The second kappa shape index (κ2) is 7.62. The predicted molar refractivity (Wildman–Crippen MR) is 96.5 cm³/mol. The second-order valence-corrected chi connectivity index (χ2v) is 5.70. The van der Waals surface area contributed by atoms with Crippen molar-refractivity contribution in [2.24, 2.45) is 5.73 Å². The minimum absolute atomic E-state index is 0.0954. The van der Waals surface area contributed by atoms with Crippen molar-refractivity contribution in [1.29, 1.82) is 0 Å². The Morgan fingerprint density at radius 2 is 1.62 bits per heavy atom. The third-order valence-electron chi connectivity index (χ3n) is 3.28.